The molecule has 1 unspecified atom stereocenters. The summed E-state index contributed by atoms with van der Waals surface area (Å²) in [6, 6.07) is 13.2. The largest absolute Gasteiger partial charge is 0.364 e. The van der Waals surface area contributed by atoms with E-state index in [4.69, 9.17) is 0 Å². The molecule has 3 aromatic rings. The lowest BCUT2D eigenvalue weighted by atomic mass is 10.1. The van der Waals surface area contributed by atoms with E-state index >= 15 is 0 Å². The van der Waals surface area contributed by atoms with E-state index in [1.165, 1.54) is 12.3 Å². The van der Waals surface area contributed by atoms with Crippen molar-refractivity contribution in [1.29, 1.82) is 0 Å². The Hall–Kier alpha value is -2.87. The Morgan fingerprint density at radius 2 is 1.78 bits per heavy atom. The molecule has 0 aliphatic heterocycles. The predicted molar refractivity (Wildman–Crippen MR) is 106 cm³/mol. The number of sulfonamides is 1. The van der Waals surface area contributed by atoms with Crippen molar-refractivity contribution >= 4 is 21.5 Å². The fraction of sp³-hybridized carbons (Fsp3) is 0.263. The van der Waals surface area contributed by atoms with Crippen LogP contribution in [-0.4, -0.2) is 23.2 Å². The van der Waals surface area contributed by atoms with Crippen molar-refractivity contribution in [3.05, 3.63) is 65.6 Å². The summed E-state index contributed by atoms with van der Waals surface area (Å²) in [5.41, 5.74) is 3.00. The van der Waals surface area contributed by atoms with Gasteiger partial charge in [0.15, 0.2) is 0 Å². The fourth-order valence-corrected chi connectivity index (χ4v) is 3.91. The standard InChI is InChI=1S/C19H23N5O2S/c1-13(16-8-6-5-7-9-16)21-18-11-10-17(12-20-18)27(25,26)23-19-14(2)22-24(4)15(19)3/h5-13,23H,1-4H3,(H,20,21). The Kier molecular flexibility index (Phi) is 5.18. The van der Waals surface area contributed by atoms with E-state index in [-0.39, 0.29) is 10.9 Å². The summed E-state index contributed by atoms with van der Waals surface area (Å²) in [6.45, 7) is 5.60. The van der Waals surface area contributed by atoms with Crippen LogP contribution in [0.4, 0.5) is 11.5 Å². The lowest BCUT2D eigenvalue weighted by Gasteiger charge is -2.15. The van der Waals surface area contributed by atoms with E-state index in [1.54, 1.807) is 24.7 Å². The molecule has 0 bridgehead atoms. The number of hydrogen-bond acceptors (Lipinski definition) is 5. The van der Waals surface area contributed by atoms with Gasteiger partial charge in [0.05, 0.1) is 17.1 Å². The Balaban J connectivity index is 1.76. The highest BCUT2D eigenvalue weighted by Crippen LogP contribution is 2.23. The minimum absolute atomic E-state index is 0.0555. The number of hydrogen-bond donors (Lipinski definition) is 2. The van der Waals surface area contributed by atoms with E-state index in [9.17, 15) is 8.42 Å². The number of anilines is 2. The minimum atomic E-state index is -3.74. The van der Waals surface area contributed by atoms with E-state index < -0.39 is 10.0 Å². The Labute approximate surface area is 159 Å². The summed E-state index contributed by atoms with van der Waals surface area (Å²) in [7, 11) is -1.96. The molecule has 0 spiro atoms. The first-order chi connectivity index (χ1) is 12.8. The molecule has 0 aliphatic rings. The summed E-state index contributed by atoms with van der Waals surface area (Å²) in [5, 5.41) is 7.50. The first kappa shape index (κ1) is 18.9. The van der Waals surface area contributed by atoms with Gasteiger partial charge in [-0.1, -0.05) is 30.3 Å². The summed E-state index contributed by atoms with van der Waals surface area (Å²) in [5.74, 6) is 0.610. The molecule has 2 aromatic heterocycles. The quantitative estimate of drug-likeness (QED) is 0.679. The Bertz CT molecular complexity index is 1030. The van der Waals surface area contributed by atoms with Crippen LogP contribution in [-0.2, 0) is 17.1 Å². The molecule has 1 atom stereocenters. The molecule has 0 fully saturated rings. The van der Waals surface area contributed by atoms with Crippen LogP contribution in [0.5, 0.6) is 0 Å². The van der Waals surface area contributed by atoms with E-state index in [0.717, 1.165) is 11.3 Å². The van der Waals surface area contributed by atoms with E-state index in [0.29, 0.717) is 17.2 Å². The topological polar surface area (TPSA) is 88.9 Å². The molecule has 0 amide bonds. The van der Waals surface area contributed by atoms with Crippen LogP contribution >= 0.6 is 0 Å². The summed E-state index contributed by atoms with van der Waals surface area (Å²) >= 11 is 0. The van der Waals surface area contributed by atoms with Crippen molar-refractivity contribution in [3.63, 3.8) is 0 Å². The zero-order valence-corrected chi connectivity index (χ0v) is 16.6. The van der Waals surface area contributed by atoms with Crippen molar-refractivity contribution in [3.8, 4) is 0 Å². The first-order valence-corrected chi connectivity index (χ1v) is 10.1. The smallest absolute Gasteiger partial charge is 0.263 e. The molecule has 0 saturated heterocycles. The van der Waals surface area contributed by atoms with E-state index in [1.807, 2.05) is 44.2 Å². The van der Waals surface area contributed by atoms with Gasteiger partial charge in [-0.3, -0.25) is 9.40 Å². The van der Waals surface area contributed by atoms with Crippen LogP contribution < -0.4 is 10.0 Å². The number of nitrogens with zero attached hydrogens (tertiary/aromatic N) is 3. The Morgan fingerprint density at radius 3 is 2.33 bits per heavy atom. The summed E-state index contributed by atoms with van der Waals surface area (Å²) in [4.78, 5) is 4.35. The Morgan fingerprint density at radius 1 is 1.07 bits per heavy atom. The second kappa shape index (κ2) is 7.40. The van der Waals surface area contributed by atoms with Crippen LogP contribution in [0.3, 0.4) is 0 Å². The van der Waals surface area contributed by atoms with Crippen LogP contribution in [0.1, 0.15) is 29.9 Å². The maximum Gasteiger partial charge on any atom is 0.263 e. The number of rotatable bonds is 6. The summed E-state index contributed by atoms with van der Waals surface area (Å²) < 4.78 is 29.6. The van der Waals surface area contributed by atoms with Gasteiger partial charge in [0, 0.05) is 19.3 Å². The third-order valence-corrected chi connectivity index (χ3v) is 5.79. The van der Waals surface area contributed by atoms with Gasteiger partial charge in [-0.2, -0.15) is 5.10 Å². The zero-order chi connectivity index (χ0) is 19.6. The van der Waals surface area contributed by atoms with E-state index in [2.05, 4.69) is 20.1 Å². The number of pyridine rings is 1. The molecule has 1 aromatic carbocycles. The highest BCUT2D eigenvalue weighted by molar-refractivity contribution is 7.92. The SMILES string of the molecule is Cc1nn(C)c(C)c1NS(=O)(=O)c1ccc(NC(C)c2ccccc2)nc1. The van der Waals surface area contributed by atoms with Crippen molar-refractivity contribution < 1.29 is 8.42 Å². The molecule has 8 heteroatoms. The number of aromatic nitrogens is 3. The number of aryl methyl sites for hydroxylation is 2. The van der Waals surface area contributed by atoms with Gasteiger partial charge < -0.3 is 5.32 Å². The summed E-state index contributed by atoms with van der Waals surface area (Å²) in [6.07, 6.45) is 1.35. The highest BCUT2D eigenvalue weighted by atomic mass is 32.2. The molecule has 142 valence electrons. The lowest BCUT2D eigenvalue weighted by molar-refractivity contribution is 0.600. The molecular formula is C19H23N5O2S. The number of nitrogens with one attached hydrogen (secondary N) is 2. The van der Waals surface area contributed by atoms with Crippen LogP contribution in [0.25, 0.3) is 0 Å². The molecule has 7 nitrogen and oxygen atoms in total. The van der Waals surface area contributed by atoms with Gasteiger partial charge in [0.25, 0.3) is 10.0 Å². The third kappa shape index (κ3) is 4.11. The van der Waals surface area contributed by atoms with Crippen molar-refractivity contribution in [1.82, 2.24) is 14.8 Å². The molecule has 2 N–H and O–H groups in total. The molecule has 0 radical (unpaired) electrons. The van der Waals surface area contributed by atoms with Crippen LogP contribution in [0, 0.1) is 13.8 Å². The maximum absolute atomic E-state index is 12.7. The van der Waals surface area contributed by atoms with Crippen molar-refractivity contribution in [2.75, 3.05) is 10.0 Å². The van der Waals surface area contributed by atoms with Gasteiger partial charge >= 0.3 is 0 Å². The molecular weight excluding hydrogens is 362 g/mol. The molecule has 0 aliphatic carbocycles. The molecule has 0 saturated carbocycles. The monoisotopic (exact) mass is 385 g/mol. The average Bonchev–Trinajstić information content (AvgIpc) is 2.89. The van der Waals surface area contributed by atoms with Crippen molar-refractivity contribution in [2.24, 2.45) is 7.05 Å². The van der Waals surface area contributed by atoms with Crippen molar-refractivity contribution in [2.45, 2.75) is 31.7 Å². The minimum Gasteiger partial charge on any atom is -0.364 e. The number of benzene rings is 1. The average molecular weight is 385 g/mol. The normalized spacial score (nSPS) is 12.6. The molecule has 2 heterocycles. The van der Waals surface area contributed by atoms with Gasteiger partial charge in [0.2, 0.25) is 0 Å². The van der Waals surface area contributed by atoms with Gasteiger partial charge in [-0.05, 0) is 38.5 Å². The zero-order valence-electron chi connectivity index (χ0n) is 15.8. The molecule has 27 heavy (non-hydrogen) atoms. The maximum atomic E-state index is 12.7. The first-order valence-electron chi connectivity index (χ1n) is 8.58. The third-order valence-electron chi connectivity index (χ3n) is 4.46. The highest BCUT2D eigenvalue weighted by Gasteiger charge is 2.19. The lowest BCUT2D eigenvalue weighted by Crippen LogP contribution is -2.15. The molecule has 3 rings (SSSR count). The van der Waals surface area contributed by atoms with Crippen LogP contribution in [0.15, 0.2) is 53.6 Å². The second-order valence-corrected chi connectivity index (χ2v) is 8.11. The van der Waals surface area contributed by atoms with Gasteiger partial charge in [0.1, 0.15) is 10.7 Å². The second-order valence-electron chi connectivity index (χ2n) is 6.43. The fourth-order valence-electron chi connectivity index (χ4n) is 2.79. The van der Waals surface area contributed by atoms with Gasteiger partial charge in [-0.25, -0.2) is 13.4 Å². The van der Waals surface area contributed by atoms with Gasteiger partial charge in [-0.15, -0.1) is 0 Å². The predicted octanol–water partition coefficient (Wildman–Crippen LogP) is 3.41. The van der Waals surface area contributed by atoms with Crippen LogP contribution in [0.2, 0.25) is 0 Å².